The predicted octanol–water partition coefficient (Wildman–Crippen LogP) is 4.62. The van der Waals surface area contributed by atoms with E-state index in [-0.39, 0.29) is 0 Å². The number of aryl methyl sites for hydroxylation is 2. The van der Waals surface area contributed by atoms with Gasteiger partial charge in [0.25, 0.3) is 0 Å². The van der Waals surface area contributed by atoms with Gasteiger partial charge in [-0.25, -0.2) is 0 Å². The van der Waals surface area contributed by atoms with E-state index >= 15 is 0 Å². The summed E-state index contributed by atoms with van der Waals surface area (Å²) in [6, 6.07) is 13.2. The molecule has 2 aromatic rings. The van der Waals surface area contributed by atoms with E-state index in [1.807, 2.05) is 62.4 Å². The highest BCUT2D eigenvalue weighted by atomic mass is 16.3. The average molecular weight is 268 g/mol. The molecule has 0 bridgehead atoms. The Morgan fingerprint density at radius 1 is 0.650 bits per heavy atom. The fourth-order valence-corrected chi connectivity index (χ4v) is 2.13. The van der Waals surface area contributed by atoms with Gasteiger partial charge in [0.2, 0.25) is 0 Å². The van der Waals surface area contributed by atoms with Crippen molar-refractivity contribution in [2.45, 2.75) is 25.9 Å². The van der Waals surface area contributed by atoms with Crippen LogP contribution in [0, 0.1) is 23.7 Å². The first-order valence-electron chi connectivity index (χ1n) is 6.43. The number of benzene rings is 2. The lowest BCUT2D eigenvalue weighted by molar-refractivity contribution is 0.571. The van der Waals surface area contributed by atoms with Crippen LogP contribution in [0.15, 0.2) is 58.9 Å². The summed E-state index contributed by atoms with van der Waals surface area (Å²) in [5, 5.41) is 6.23. The summed E-state index contributed by atoms with van der Waals surface area (Å²) in [5.41, 5.74) is 3.58. The minimum atomic E-state index is -0.796. The third-order valence-corrected chi connectivity index (χ3v) is 3.36. The van der Waals surface area contributed by atoms with Crippen LogP contribution in [0.25, 0.3) is 0 Å². The summed E-state index contributed by atoms with van der Waals surface area (Å²) < 4.78 is 0. The topological polar surface area (TPSA) is 58.9 Å². The van der Waals surface area contributed by atoms with Crippen LogP contribution in [0.2, 0.25) is 0 Å². The van der Waals surface area contributed by atoms with Crippen molar-refractivity contribution in [3.63, 3.8) is 0 Å². The van der Waals surface area contributed by atoms with Crippen molar-refractivity contribution in [2.75, 3.05) is 0 Å². The Bertz CT molecular complexity index is 535. The van der Waals surface area contributed by atoms with Crippen molar-refractivity contribution in [1.29, 1.82) is 0 Å². The summed E-state index contributed by atoms with van der Waals surface area (Å²) >= 11 is 0. The highest BCUT2D eigenvalue weighted by molar-refractivity contribution is 5.31. The number of hydrogen-bond donors (Lipinski definition) is 0. The molecule has 2 aromatic carbocycles. The molecule has 20 heavy (non-hydrogen) atoms. The first-order valence-corrected chi connectivity index (χ1v) is 6.43. The molecule has 4 heteroatoms. The first kappa shape index (κ1) is 14.1. The monoisotopic (exact) mass is 268 g/mol. The molecule has 2 rings (SSSR count). The van der Waals surface area contributed by atoms with Crippen LogP contribution >= 0.6 is 0 Å². The summed E-state index contributed by atoms with van der Waals surface area (Å²) in [7, 11) is 0. The Morgan fingerprint density at radius 2 is 0.950 bits per heavy atom. The minimum Gasteiger partial charge on any atom is -0.150 e. The number of rotatable bonds is 5. The fraction of sp³-hybridized carbons (Fsp3) is 0.250. The Balaban J connectivity index is 2.37. The highest BCUT2D eigenvalue weighted by Gasteiger charge is 2.27. The van der Waals surface area contributed by atoms with Gasteiger partial charge in [-0.15, -0.1) is 0 Å². The molecule has 0 aromatic heterocycles. The quantitative estimate of drug-likeness (QED) is 0.743. The largest absolute Gasteiger partial charge is 0.150 e. The third kappa shape index (κ3) is 2.96. The van der Waals surface area contributed by atoms with Crippen molar-refractivity contribution < 1.29 is 0 Å². The van der Waals surface area contributed by atoms with Gasteiger partial charge in [0.15, 0.2) is 0 Å². The molecule has 2 atom stereocenters. The third-order valence-electron chi connectivity index (χ3n) is 3.36. The normalized spacial score (nSPS) is 13.5. The van der Waals surface area contributed by atoms with Crippen molar-refractivity contribution in [2.24, 2.45) is 10.4 Å². The minimum absolute atomic E-state index is 0.704. The smallest absolute Gasteiger partial charge is 0.147 e. The molecule has 0 N–H and O–H groups in total. The van der Waals surface area contributed by atoms with Crippen molar-refractivity contribution >= 4 is 0 Å². The van der Waals surface area contributed by atoms with Crippen LogP contribution in [0.1, 0.15) is 34.3 Å². The van der Waals surface area contributed by atoms with E-state index in [1.165, 1.54) is 0 Å². The van der Waals surface area contributed by atoms with Crippen LogP contribution in [-0.4, -0.2) is 0 Å². The summed E-state index contributed by atoms with van der Waals surface area (Å²) in [6.45, 7) is 3.92. The Hall–Kier alpha value is -2.36. The molecule has 0 aliphatic heterocycles. The molecular formula is C16H16N2O2. The van der Waals surface area contributed by atoms with E-state index in [1.54, 1.807) is 0 Å². The number of nitroso groups, excluding NO2 is 2. The van der Waals surface area contributed by atoms with E-state index in [2.05, 4.69) is 10.4 Å². The molecule has 4 nitrogen and oxygen atoms in total. The summed E-state index contributed by atoms with van der Waals surface area (Å²) in [4.78, 5) is 22.4. The molecule has 0 aliphatic carbocycles. The van der Waals surface area contributed by atoms with Gasteiger partial charge in [-0.1, -0.05) is 70.0 Å². The van der Waals surface area contributed by atoms with Crippen LogP contribution in [0.3, 0.4) is 0 Å². The summed E-state index contributed by atoms with van der Waals surface area (Å²) in [5.74, 6) is 0. The Labute approximate surface area is 117 Å². The molecule has 0 amide bonds. The summed E-state index contributed by atoms with van der Waals surface area (Å²) in [6.07, 6.45) is 0. The van der Waals surface area contributed by atoms with Gasteiger partial charge in [-0.05, 0) is 25.0 Å². The molecule has 0 spiro atoms. The van der Waals surface area contributed by atoms with E-state index in [4.69, 9.17) is 0 Å². The molecule has 0 aliphatic rings. The maximum atomic E-state index is 11.2. The standard InChI is InChI=1S/C16H16N2O2/c1-11-3-7-13(8-4-11)15(17-19)16(18-20)14-9-5-12(2)6-10-14/h3-10,15-16H,1-2H3. The number of hydrogen-bond acceptors (Lipinski definition) is 4. The van der Waals surface area contributed by atoms with Gasteiger partial charge in [0, 0.05) is 0 Å². The van der Waals surface area contributed by atoms with E-state index in [9.17, 15) is 9.81 Å². The second kappa shape index (κ2) is 6.19. The Kier molecular flexibility index (Phi) is 4.35. The van der Waals surface area contributed by atoms with Gasteiger partial charge in [0.1, 0.15) is 12.1 Å². The maximum absolute atomic E-state index is 11.2. The maximum Gasteiger partial charge on any atom is 0.147 e. The lowest BCUT2D eigenvalue weighted by Gasteiger charge is -2.16. The van der Waals surface area contributed by atoms with Crippen LogP contribution in [0.5, 0.6) is 0 Å². The number of nitrogens with zero attached hydrogens (tertiary/aromatic N) is 2. The van der Waals surface area contributed by atoms with Crippen molar-refractivity contribution in [3.8, 4) is 0 Å². The predicted molar refractivity (Wildman–Crippen MR) is 79.4 cm³/mol. The second-order valence-electron chi connectivity index (χ2n) is 4.92. The second-order valence-corrected chi connectivity index (χ2v) is 4.92. The van der Waals surface area contributed by atoms with Crippen LogP contribution < -0.4 is 0 Å². The van der Waals surface area contributed by atoms with Crippen molar-refractivity contribution in [3.05, 3.63) is 80.6 Å². The first-order chi connectivity index (χ1) is 9.65. The zero-order valence-electron chi connectivity index (χ0n) is 11.5. The van der Waals surface area contributed by atoms with E-state index in [0.29, 0.717) is 11.1 Å². The van der Waals surface area contributed by atoms with Crippen LogP contribution in [-0.2, 0) is 0 Å². The lowest BCUT2D eigenvalue weighted by atomic mass is 9.94. The molecular weight excluding hydrogens is 252 g/mol. The lowest BCUT2D eigenvalue weighted by Crippen LogP contribution is -2.07. The molecule has 0 fully saturated rings. The average Bonchev–Trinajstić information content (AvgIpc) is 2.47. The SMILES string of the molecule is Cc1ccc(C(N=O)C(N=O)c2ccc(C)cc2)cc1. The van der Waals surface area contributed by atoms with Gasteiger partial charge in [-0.2, -0.15) is 9.81 Å². The molecule has 0 radical (unpaired) electrons. The van der Waals surface area contributed by atoms with Crippen LogP contribution in [0.4, 0.5) is 0 Å². The molecule has 0 saturated carbocycles. The highest BCUT2D eigenvalue weighted by Crippen LogP contribution is 2.35. The zero-order valence-corrected chi connectivity index (χ0v) is 11.5. The molecule has 2 unspecified atom stereocenters. The van der Waals surface area contributed by atoms with E-state index < -0.39 is 12.1 Å². The van der Waals surface area contributed by atoms with Gasteiger partial charge < -0.3 is 0 Å². The van der Waals surface area contributed by atoms with E-state index in [0.717, 1.165) is 11.1 Å². The zero-order chi connectivity index (χ0) is 14.5. The van der Waals surface area contributed by atoms with Gasteiger partial charge in [0.05, 0.1) is 0 Å². The molecule has 0 heterocycles. The van der Waals surface area contributed by atoms with Gasteiger partial charge in [-0.3, -0.25) is 0 Å². The van der Waals surface area contributed by atoms with Crippen molar-refractivity contribution in [1.82, 2.24) is 0 Å². The molecule has 0 saturated heterocycles. The Morgan fingerprint density at radius 3 is 1.20 bits per heavy atom. The fourth-order valence-electron chi connectivity index (χ4n) is 2.13. The molecule has 102 valence electrons. The van der Waals surface area contributed by atoms with Gasteiger partial charge >= 0.3 is 0 Å².